The van der Waals surface area contributed by atoms with Crippen LogP contribution in [0.4, 0.5) is 10.5 Å². The third-order valence-corrected chi connectivity index (χ3v) is 3.38. The number of carbonyl (C=O) groups is 1. The molecular weight excluding hydrogens is 302 g/mol. The Labute approximate surface area is 135 Å². The van der Waals surface area contributed by atoms with Gasteiger partial charge in [0.25, 0.3) is 0 Å². The Balaban J connectivity index is 2.16. The fourth-order valence-corrected chi connectivity index (χ4v) is 2.24. The van der Waals surface area contributed by atoms with Gasteiger partial charge < -0.3 is 9.47 Å². The summed E-state index contributed by atoms with van der Waals surface area (Å²) in [4.78, 5) is 12.1. The number of nitrogens with one attached hydrogen (secondary N) is 1. The van der Waals surface area contributed by atoms with E-state index in [9.17, 15) is 4.79 Å². The van der Waals surface area contributed by atoms with E-state index in [2.05, 4.69) is 5.32 Å². The van der Waals surface area contributed by atoms with Crippen LogP contribution >= 0.6 is 11.6 Å². The molecule has 0 aliphatic rings. The number of benzene rings is 2. The van der Waals surface area contributed by atoms with Gasteiger partial charge in [-0.1, -0.05) is 43.6 Å². The van der Waals surface area contributed by atoms with Crippen LogP contribution in [0.5, 0.6) is 11.5 Å². The lowest BCUT2D eigenvalue weighted by molar-refractivity contribution is 0.214. The van der Waals surface area contributed by atoms with Crippen molar-refractivity contribution in [1.82, 2.24) is 0 Å². The Bertz CT molecular complexity index is 671. The van der Waals surface area contributed by atoms with Crippen LogP contribution in [0.2, 0.25) is 5.02 Å². The summed E-state index contributed by atoms with van der Waals surface area (Å²) in [7, 11) is 1.52. The lowest BCUT2D eigenvalue weighted by Crippen LogP contribution is -2.18. The Hall–Kier alpha value is -2.20. The molecule has 2 aromatic carbocycles. The maximum atomic E-state index is 12.1. The maximum Gasteiger partial charge on any atom is 0.417 e. The molecule has 5 heteroatoms. The summed E-state index contributed by atoms with van der Waals surface area (Å²) in [5, 5.41) is 3.15. The minimum absolute atomic E-state index is 0.254. The van der Waals surface area contributed by atoms with Crippen molar-refractivity contribution >= 4 is 23.4 Å². The molecule has 2 rings (SSSR count). The van der Waals surface area contributed by atoms with Gasteiger partial charge >= 0.3 is 6.09 Å². The van der Waals surface area contributed by atoms with Crippen LogP contribution in [-0.4, -0.2) is 13.2 Å². The van der Waals surface area contributed by atoms with Gasteiger partial charge in [0.2, 0.25) is 0 Å². The van der Waals surface area contributed by atoms with Crippen molar-refractivity contribution in [3.05, 3.63) is 53.1 Å². The third kappa shape index (κ3) is 3.92. The monoisotopic (exact) mass is 319 g/mol. The Morgan fingerprint density at radius 1 is 1.14 bits per heavy atom. The second-order valence-corrected chi connectivity index (χ2v) is 5.49. The van der Waals surface area contributed by atoms with Crippen LogP contribution < -0.4 is 14.8 Å². The molecular formula is C17H18ClNO3. The van der Waals surface area contributed by atoms with Crippen LogP contribution in [0.25, 0.3) is 0 Å². The fraction of sp³-hybridized carbons (Fsp3) is 0.235. The summed E-state index contributed by atoms with van der Waals surface area (Å²) < 4.78 is 10.6. The predicted octanol–water partition coefficient (Wildman–Crippen LogP) is 5.08. The highest BCUT2D eigenvalue weighted by Gasteiger charge is 2.13. The quantitative estimate of drug-likeness (QED) is 0.854. The molecule has 0 unspecified atom stereocenters. The lowest BCUT2D eigenvalue weighted by atomic mass is 10.0. The largest absolute Gasteiger partial charge is 0.495 e. The first-order valence-electron chi connectivity index (χ1n) is 6.92. The van der Waals surface area contributed by atoms with Crippen molar-refractivity contribution < 1.29 is 14.3 Å². The molecule has 0 bridgehead atoms. The van der Waals surface area contributed by atoms with E-state index in [-0.39, 0.29) is 5.92 Å². The molecule has 4 nitrogen and oxygen atoms in total. The Kier molecular flexibility index (Phi) is 5.28. The highest BCUT2D eigenvalue weighted by molar-refractivity contribution is 6.31. The molecule has 0 saturated heterocycles. The molecule has 0 saturated carbocycles. The van der Waals surface area contributed by atoms with E-state index >= 15 is 0 Å². The van der Waals surface area contributed by atoms with E-state index in [1.165, 1.54) is 7.11 Å². The van der Waals surface area contributed by atoms with E-state index in [1.807, 2.05) is 32.0 Å². The molecule has 0 aliphatic heterocycles. The minimum atomic E-state index is -0.589. The zero-order valence-electron chi connectivity index (χ0n) is 12.7. The first-order chi connectivity index (χ1) is 10.5. The molecule has 0 spiro atoms. The van der Waals surface area contributed by atoms with Gasteiger partial charge in [0.05, 0.1) is 12.8 Å². The van der Waals surface area contributed by atoms with Gasteiger partial charge in [-0.05, 0) is 35.7 Å². The van der Waals surface area contributed by atoms with Crippen molar-refractivity contribution in [3.8, 4) is 11.5 Å². The number of methoxy groups -OCH3 is 1. The van der Waals surface area contributed by atoms with Gasteiger partial charge in [-0.3, -0.25) is 5.32 Å². The average molecular weight is 320 g/mol. The highest BCUT2D eigenvalue weighted by atomic mass is 35.5. The first-order valence-corrected chi connectivity index (χ1v) is 7.30. The predicted molar refractivity (Wildman–Crippen MR) is 88.2 cm³/mol. The van der Waals surface area contributed by atoms with Crippen LogP contribution in [-0.2, 0) is 0 Å². The summed E-state index contributed by atoms with van der Waals surface area (Å²) in [5.41, 5.74) is 1.43. The Morgan fingerprint density at radius 3 is 2.55 bits per heavy atom. The Morgan fingerprint density at radius 2 is 1.86 bits per heavy atom. The lowest BCUT2D eigenvalue weighted by Gasteiger charge is -2.14. The van der Waals surface area contributed by atoms with E-state index < -0.39 is 6.09 Å². The van der Waals surface area contributed by atoms with Crippen molar-refractivity contribution in [3.63, 3.8) is 0 Å². The van der Waals surface area contributed by atoms with Gasteiger partial charge in [-0.2, -0.15) is 0 Å². The molecule has 0 heterocycles. The number of carbonyl (C=O) groups excluding carboxylic acids is 1. The highest BCUT2D eigenvalue weighted by Crippen LogP contribution is 2.29. The summed E-state index contributed by atoms with van der Waals surface area (Å²) in [5.74, 6) is 1.30. The molecule has 0 fully saturated rings. The topological polar surface area (TPSA) is 47.6 Å². The standard InChI is InChI=1S/C17H18ClNO3/c1-11(2)13-6-4-5-7-15(13)22-17(20)19-14-10-12(18)8-9-16(14)21-3/h4-11H,1-3H3,(H,19,20). The van der Waals surface area contributed by atoms with Gasteiger partial charge in [0.1, 0.15) is 11.5 Å². The SMILES string of the molecule is COc1ccc(Cl)cc1NC(=O)Oc1ccccc1C(C)C. The third-order valence-electron chi connectivity index (χ3n) is 3.14. The summed E-state index contributed by atoms with van der Waals surface area (Å²) in [6.45, 7) is 4.08. The molecule has 1 N–H and O–H groups in total. The molecule has 0 aliphatic carbocycles. The van der Waals surface area contributed by atoms with Crippen molar-refractivity contribution in [2.45, 2.75) is 19.8 Å². The molecule has 0 atom stereocenters. The number of halogens is 1. The van der Waals surface area contributed by atoms with Crippen molar-refractivity contribution in [2.24, 2.45) is 0 Å². The summed E-state index contributed by atoms with van der Waals surface area (Å²) >= 11 is 5.94. The zero-order chi connectivity index (χ0) is 16.1. The van der Waals surface area contributed by atoms with Gasteiger partial charge in [0, 0.05) is 5.02 Å². The van der Waals surface area contributed by atoms with Crippen LogP contribution in [0.1, 0.15) is 25.3 Å². The second kappa shape index (κ2) is 7.18. The van der Waals surface area contributed by atoms with Crippen molar-refractivity contribution in [1.29, 1.82) is 0 Å². The van der Waals surface area contributed by atoms with Crippen LogP contribution in [0.3, 0.4) is 0 Å². The fourth-order valence-electron chi connectivity index (χ4n) is 2.06. The van der Waals surface area contributed by atoms with E-state index in [1.54, 1.807) is 24.3 Å². The zero-order valence-corrected chi connectivity index (χ0v) is 13.5. The normalized spacial score (nSPS) is 10.4. The van der Waals surface area contributed by atoms with E-state index in [0.29, 0.717) is 22.2 Å². The number of para-hydroxylation sites is 1. The van der Waals surface area contributed by atoms with Gasteiger partial charge in [-0.25, -0.2) is 4.79 Å². The van der Waals surface area contributed by atoms with E-state index in [4.69, 9.17) is 21.1 Å². The molecule has 2 aromatic rings. The number of amides is 1. The number of hydrogen-bond acceptors (Lipinski definition) is 3. The molecule has 116 valence electrons. The second-order valence-electron chi connectivity index (χ2n) is 5.05. The molecule has 0 radical (unpaired) electrons. The minimum Gasteiger partial charge on any atom is -0.495 e. The molecule has 22 heavy (non-hydrogen) atoms. The van der Waals surface area contributed by atoms with Gasteiger partial charge in [0.15, 0.2) is 0 Å². The molecule has 1 amide bonds. The number of hydrogen-bond donors (Lipinski definition) is 1. The van der Waals surface area contributed by atoms with Crippen LogP contribution in [0, 0.1) is 0 Å². The summed E-state index contributed by atoms with van der Waals surface area (Å²) in [6.07, 6.45) is -0.589. The maximum absolute atomic E-state index is 12.1. The van der Waals surface area contributed by atoms with Gasteiger partial charge in [-0.15, -0.1) is 0 Å². The van der Waals surface area contributed by atoms with Crippen molar-refractivity contribution in [2.75, 3.05) is 12.4 Å². The summed E-state index contributed by atoms with van der Waals surface area (Å²) in [6, 6.07) is 12.4. The number of anilines is 1. The smallest absolute Gasteiger partial charge is 0.417 e. The number of rotatable bonds is 4. The van der Waals surface area contributed by atoms with Crippen LogP contribution in [0.15, 0.2) is 42.5 Å². The average Bonchev–Trinajstić information content (AvgIpc) is 2.47. The van der Waals surface area contributed by atoms with E-state index in [0.717, 1.165) is 5.56 Å². The number of ether oxygens (including phenoxy) is 2. The molecule has 0 aromatic heterocycles. The first kappa shape index (κ1) is 16.2.